The Balaban J connectivity index is 1.36. The number of nitrogens with zero attached hydrogens (tertiary/aromatic N) is 1. The minimum absolute atomic E-state index is 0.0696. The maximum atomic E-state index is 12.9. The van der Waals surface area contributed by atoms with E-state index in [1.807, 2.05) is 23.1 Å². The number of carbonyl (C=O) groups excluding carboxylic acids is 1. The van der Waals surface area contributed by atoms with E-state index in [4.69, 9.17) is 0 Å². The zero-order chi connectivity index (χ0) is 19.5. The van der Waals surface area contributed by atoms with Crippen LogP contribution in [0.4, 0.5) is 0 Å². The summed E-state index contributed by atoms with van der Waals surface area (Å²) in [7, 11) is 0. The number of likely N-dealkylation sites (tertiary alicyclic amines) is 1. The molecule has 0 saturated carbocycles. The third-order valence-electron chi connectivity index (χ3n) is 5.85. The van der Waals surface area contributed by atoms with E-state index in [1.165, 1.54) is 11.1 Å². The SMILES string of the molecule is Cc1ccc(CCC2CCN(C(=O)c3cc4ccccc4c(=O)[nH]3)CC2)cc1. The van der Waals surface area contributed by atoms with Crippen LogP contribution in [-0.2, 0) is 6.42 Å². The van der Waals surface area contributed by atoms with Crippen molar-refractivity contribution in [2.45, 2.75) is 32.6 Å². The molecule has 1 fully saturated rings. The summed E-state index contributed by atoms with van der Waals surface area (Å²) in [5.41, 5.74) is 2.87. The highest BCUT2D eigenvalue weighted by Gasteiger charge is 2.24. The van der Waals surface area contributed by atoms with Crippen LogP contribution in [-0.4, -0.2) is 28.9 Å². The molecule has 1 aliphatic heterocycles. The number of aromatic nitrogens is 1. The molecule has 4 heteroatoms. The fourth-order valence-corrected chi connectivity index (χ4v) is 4.05. The maximum absolute atomic E-state index is 12.9. The molecule has 144 valence electrons. The first-order valence-electron chi connectivity index (χ1n) is 10.1. The zero-order valence-electron chi connectivity index (χ0n) is 16.3. The third-order valence-corrected chi connectivity index (χ3v) is 5.85. The molecule has 0 unspecified atom stereocenters. The van der Waals surface area contributed by atoms with Crippen molar-refractivity contribution in [1.82, 2.24) is 9.88 Å². The molecule has 4 nitrogen and oxygen atoms in total. The summed E-state index contributed by atoms with van der Waals surface area (Å²) in [5.74, 6) is 0.584. The molecule has 3 aromatic rings. The maximum Gasteiger partial charge on any atom is 0.270 e. The summed E-state index contributed by atoms with van der Waals surface area (Å²) in [6.07, 6.45) is 4.31. The quantitative estimate of drug-likeness (QED) is 0.739. The number of rotatable bonds is 4. The molecule has 0 spiro atoms. The number of carbonyl (C=O) groups is 1. The van der Waals surface area contributed by atoms with Crippen LogP contribution in [0.15, 0.2) is 59.4 Å². The number of fused-ring (bicyclic) bond motifs is 1. The van der Waals surface area contributed by atoms with Crippen molar-refractivity contribution >= 4 is 16.7 Å². The van der Waals surface area contributed by atoms with Crippen molar-refractivity contribution in [3.8, 4) is 0 Å². The second-order valence-electron chi connectivity index (χ2n) is 7.86. The second-order valence-corrected chi connectivity index (χ2v) is 7.86. The van der Waals surface area contributed by atoms with Crippen molar-refractivity contribution in [2.75, 3.05) is 13.1 Å². The van der Waals surface area contributed by atoms with Crippen LogP contribution in [0, 0.1) is 12.8 Å². The molecule has 1 aromatic heterocycles. The van der Waals surface area contributed by atoms with Gasteiger partial charge in [-0.25, -0.2) is 0 Å². The van der Waals surface area contributed by atoms with Gasteiger partial charge in [-0.3, -0.25) is 9.59 Å². The molecular formula is C24H26N2O2. The van der Waals surface area contributed by atoms with Crippen molar-refractivity contribution in [2.24, 2.45) is 5.92 Å². The lowest BCUT2D eigenvalue weighted by molar-refractivity contribution is 0.0681. The molecule has 4 rings (SSSR count). The molecule has 0 bridgehead atoms. The number of hydrogen-bond donors (Lipinski definition) is 1. The Bertz CT molecular complexity index is 1030. The van der Waals surface area contributed by atoms with E-state index in [1.54, 1.807) is 12.1 Å². The van der Waals surface area contributed by atoms with Gasteiger partial charge in [-0.1, -0.05) is 48.0 Å². The molecule has 1 aliphatic rings. The lowest BCUT2D eigenvalue weighted by Gasteiger charge is -2.32. The number of H-pyrrole nitrogens is 1. The average molecular weight is 374 g/mol. The van der Waals surface area contributed by atoms with E-state index < -0.39 is 0 Å². The second kappa shape index (κ2) is 8.01. The first-order valence-corrected chi connectivity index (χ1v) is 10.1. The Morgan fingerprint density at radius 3 is 2.54 bits per heavy atom. The number of aromatic amines is 1. The molecule has 1 saturated heterocycles. The third kappa shape index (κ3) is 4.01. The summed E-state index contributed by atoms with van der Waals surface area (Å²) >= 11 is 0. The Kier molecular flexibility index (Phi) is 5.29. The predicted octanol–water partition coefficient (Wildman–Crippen LogP) is 4.32. The molecule has 28 heavy (non-hydrogen) atoms. The van der Waals surface area contributed by atoms with Gasteiger partial charge in [-0.15, -0.1) is 0 Å². The van der Waals surface area contributed by atoms with E-state index in [0.29, 0.717) is 17.0 Å². The number of piperidine rings is 1. The molecule has 2 aromatic carbocycles. The van der Waals surface area contributed by atoms with Crippen LogP contribution in [0.1, 0.15) is 40.9 Å². The largest absolute Gasteiger partial charge is 0.337 e. The van der Waals surface area contributed by atoms with E-state index in [9.17, 15) is 9.59 Å². The zero-order valence-corrected chi connectivity index (χ0v) is 16.3. The molecule has 0 atom stereocenters. The molecule has 0 aliphatic carbocycles. The van der Waals surface area contributed by atoms with Crippen LogP contribution in [0.2, 0.25) is 0 Å². The molecule has 1 amide bonds. The van der Waals surface area contributed by atoms with Gasteiger partial charge in [-0.2, -0.15) is 0 Å². The standard InChI is InChI=1S/C24H26N2O2/c1-17-6-8-18(9-7-17)10-11-19-12-14-26(15-13-19)24(28)22-16-20-4-2-3-5-21(20)23(27)25-22/h2-9,16,19H,10-15H2,1H3,(H,25,27). The lowest BCUT2D eigenvalue weighted by Crippen LogP contribution is -2.39. The Labute approximate surface area is 165 Å². The topological polar surface area (TPSA) is 53.2 Å². The highest BCUT2D eigenvalue weighted by atomic mass is 16.2. The van der Waals surface area contributed by atoms with Crippen LogP contribution in [0.5, 0.6) is 0 Å². The van der Waals surface area contributed by atoms with Crippen LogP contribution < -0.4 is 5.56 Å². The average Bonchev–Trinajstić information content (AvgIpc) is 2.73. The summed E-state index contributed by atoms with van der Waals surface area (Å²) < 4.78 is 0. The van der Waals surface area contributed by atoms with Gasteiger partial charge >= 0.3 is 0 Å². The van der Waals surface area contributed by atoms with Gasteiger partial charge in [0.15, 0.2) is 0 Å². The molecule has 2 heterocycles. The minimum atomic E-state index is -0.200. The fourth-order valence-electron chi connectivity index (χ4n) is 4.05. The van der Waals surface area contributed by atoms with Gasteiger partial charge < -0.3 is 9.88 Å². The van der Waals surface area contributed by atoms with Crippen LogP contribution in [0.25, 0.3) is 10.8 Å². The number of amides is 1. The highest BCUT2D eigenvalue weighted by Crippen LogP contribution is 2.24. The summed E-state index contributed by atoms with van der Waals surface area (Å²) in [4.78, 5) is 29.8. The Morgan fingerprint density at radius 1 is 1.07 bits per heavy atom. The lowest BCUT2D eigenvalue weighted by atomic mass is 9.90. The van der Waals surface area contributed by atoms with E-state index >= 15 is 0 Å². The Morgan fingerprint density at radius 2 is 1.79 bits per heavy atom. The number of hydrogen-bond acceptors (Lipinski definition) is 2. The smallest absolute Gasteiger partial charge is 0.270 e. The number of nitrogens with one attached hydrogen (secondary N) is 1. The van der Waals surface area contributed by atoms with Crippen molar-refractivity contribution in [3.05, 3.63) is 81.8 Å². The monoisotopic (exact) mass is 374 g/mol. The Hall–Kier alpha value is -2.88. The van der Waals surface area contributed by atoms with Crippen molar-refractivity contribution in [1.29, 1.82) is 0 Å². The summed E-state index contributed by atoms with van der Waals surface area (Å²) in [6, 6.07) is 17.9. The normalized spacial score (nSPS) is 15.1. The van der Waals surface area contributed by atoms with Gasteiger partial charge in [0.2, 0.25) is 0 Å². The predicted molar refractivity (Wildman–Crippen MR) is 113 cm³/mol. The molecular weight excluding hydrogens is 348 g/mol. The summed E-state index contributed by atoms with van der Waals surface area (Å²) in [5, 5.41) is 1.43. The van der Waals surface area contributed by atoms with Gasteiger partial charge in [0.1, 0.15) is 5.69 Å². The van der Waals surface area contributed by atoms with Crippen LogP contribution in [0.3, 0.4) is 0 Å². The highest BCUT2D eigenvalue weighted by molar-refractivity contribution is 5.96. The van der Waals surface area contributed by atoms with Crippen molar-refractivity contribution < 1.29 is 4.79 Å². The van der Waals surface area contributed by atoms with E-state index in [-0.39, 0.29) is 11.5 Å². The summed E-state index contributed by atoms with van der Waals surface area (Å²) in [6.45, 7) is 3.62. The van der Waals surface area contributed by atoms with Crippen molar-refractivity contribution in [3.63, 3.8) is 0 Å². The van der Waals surface area contributed by atoms with Gasteiger partial charge in [0.25, 0.3) is 11.5 Å². The fraction of sp³-hybridized carbons (Fsp3) is 0.333. The molecule has 0 radical (unpaired) electrons. The van der Waals surface area contributed by atoms with E-state index in [0.717, 1.165) is 44.2 Å². The van der Waals surface area contributed by atoms with E-state index in [2.05, 4.69) is 36.2 Å². The number of aryl methyl sites for hydroxylation is 2. The first-order chi connectivity index (χ1) is 13.6. The number of benzene rings is 2. The van der Waals surface area contributed by atoms with Gasteiger partial charge in [0.05, 0.1) is 0 Å². The minimum Gasteiger partial charge on any atom is -0.337 e. The first kappa shape index (κ1) is 18.5. The number of pyridine rings is 1. The van der Waals surface area contributed by atoms with Gasteiger partial charge in [-0.05, 0) is 61.6 Å². The van der Waals surface area contributed by atoms with Crippen LogP contribution >= 0.6 is 0 Å². The molecule has 1 N–H and O–H groups in total. The van der Waals surface area contributed by atoms with Gasteiger partial charge in [0, 0.05) is 18.5 Å².